The van der Waals surface area contributed by atoms with E-state index in [1.807, 2.05) is 0 Å². The van der Waals surface area contributed by atoms with E-state index in [2.05, 4.69) is 51.7 Å². The van der Waals surface area contributed by atoms with Crippen molar-refractivity contribution in [2.24, 2.45) is 12.5 Å². The summed E-state index contributed by atoms with van der Waals surface area (Å²) in [5, 5.41) is 7.01. The lowest BCUT2D eigenvalue weighted by atomic mass is 9.90. The molecule has 0 fully saturated rings. The number of nitrogens with one attached hydrogen (secondary N) is 1. The number of sulfonamides is 1. The van der Waals surface area contributed by atoms with Gasteiger partial charge in [0.1, 0.15) is 0 Å². The summed E-state index contributed by atoms with van der Waals surface area (Å²) in [7, 11) is -2.16. The van der Waals surface area contributed by atoms with Crippen molar-refractivity contribution in [3.05, 3.63) is 4.60 Å². The van der Waals surface area contributed by atoms with Crippen molar-refractivity contribution in [2.45, 2.75) is 37.6 Å². The highest BCUT2D eigenvalue weighted by atomic mass is 79.9. The zero-order valence-electron chi connectivity index (χ0n) is 11.3. The number of hydrogen-bond donors (Lipinski definition) is 1. The molecule has 0 aliphatic carbocycles. The van der Waals surface area contributed by atoms with Gasteiger partial charge in [0.15, 0.2) is 4.60 Å². The van der Waals surface area contributed by atoms with Crippen molar-refractivity contribution in [1.82, 2.24) is 19.7 Å². The molecule has 0 aromatic carbocycles. The molecule has 1 rings (SSSR count). The van der Waals surface area contributed by atoms with E-state index in [4.69, 9.17) is 11.6 Å². The second kappa shape index (κ2) is 6.07. The standard InChI is InChI=1S/C10H18BrClN4O2S/c1-10(2,3)5-7(12)6-13-19(17,18)9-8(11)14-15-16(9)4/h7,13H,5-6H2,1-4H3. The van der Waals surface area contributed by atoms with Gasteiger partial charge >= 0.3 is 0 Å². The first-order valence-corrected chi connectivity index (χ1v) is 8.43. The highest BCUT2D eigenvalue weighted by Crippen LogP contribution is 2.24. The Morgan fingerprint density at radius 2 is 2.05 bits per heavy atom. The first-order chi connectivity index (χ1) is 8.53. The third-order valence-electron chi connectivity index (χ3n) is 2.32. The highest BCUT2D eigenvalue weighted by Gasteiger charge is 2.25. The van der Waals surface area contributed by atoms with Gasteiger partial charge in [-0.25, -0.2) is 17.8 Å². The molecule has 1 aromatic rings. The zero-order valence-corrected chi connectivity index (χ0v) is 14.5. The largest absolute Gasteiger partial charge is 0.260 e. The Bertz CT molecular complexity index is 519. The van der Waals surface area contributed by atoms with Crippen LogP contribution in [0.1, 0.15) is 27.2 Å². The summed E-state index contributed by atoms with van der Waals surface area (Å²) in [4.78, 5) is 0. The van der Waals surface area contributed by atoms with Crippen LogP contribution in [0.5, 0.6) is 0 Å². The van der Waals surface area contributed by atoms with Crippen LogP contribution in [0.15, 0.2) is 9.63 Å². The van der Waals surface area contributed by atoms with E-state index < -0.39 is 10.0 Å². The van der Waals surface area contributed by atoms with Gasteiger partial charge in [-0.05, 0) is 27.8 Å². The summed E-state index contributed by atoms with van der Waals surface area (Å²) < 4.78 is 28.1. The number of alkyl halides is 1. The molecule has 110 valence electrons. The second-order valence-corrected chi connectivity index (χ2v) is 8.57. The summed E-state index contributed by atoms with van der Waals surface area (Å²) >= 11 is 9.20. The summed E-state index contributed by atoms with van der Waals surface area (Å²) in [5.74, 6) is 0. The van der Waals surface area contributed by atoms with Crippen LogP contribution in [0.2, 0.25) is 0 Å². The normalized spacial score (nSPS) is 14.6. The predicted octanol–water partition coefficient (Wildman–Crippen LogP) is 1.90. The molecule has 0 amide bonds. The topological polar surface area (TPSA) is 76.9 Å². The minimum atomic E-state index is -3.67. The Morgan fingerprint density at radius 1 is 1.47 bits per heavy atom. The second-order valence-electron chi connectivity index (χ2n) is 5.52. The molecule has 1 aromatic heterocycles. The monoisotopic (exact) mass is 372 g/mol. The van der Waals surface area contributed by atoms with Gasteiger partial charge in [-0.3, -0.25) is 0 Å². The Hall–Kier alpha value is -0.180. The molecule has 0 aliphatic rings. The van der Waals surface area contributed by atoms with Crippen molar-refractivity contribution >= 4 is 37.6 Å². The van der Waals surface area contributed by atoms with Gasteiger partial charge in [0.05, 0.1) is 0 Å². The fraction of sp³-hybridized carbons (Fsp3) is 0.800. The molecule has 0 spiro atoms. The molecule has 9 heteroatoms. The summed E-state index contributed by atoms with van der Waals surface area (Å²) in [6.45, 7) is 6.33. The van der Waals surface area contributed by atoms with Gasteiger partial charge in [0, 0.05) is 19.0 Å². The van der Waals surface area contributed by atoms with Crippen LogP contribution in [0.4, 0.5) is 0 Å². The molecule has 0 radical (unpaired) electrons. The smallest absolute Gasteiger partial charge is 0.235 e. The number of rotatable bonds is 5. The number of aryl methyl sites for hydroxylation is 1. The van der Waals surface area contributed by atoms with Crippen LogP contribution in [-0.2, 0) is 17.1 Å². The van der Waals surface area contributed by atoms with Crippen molar-refractivity contribution in [3.8, 4) is 0 Å². The Labute approximate surface area is 127 Å². The van der Waals surface area contributed by atoms with Crippen molar-refractivity contribution in [1.29, 1.82) is 0 Å². The number of aromatic nitrogens is 3. The van der Waals surface area contributed by atoms with E-state index in [1.165, 1.54) is 11.7 Å². The van der Waals surface area contributed by atoms with Crippen molar-refractivity contribution in [2.75, 3.05) is 6.54 Å². The Balaban J connectivity index is 2.72. The average Bonchev–Trinajstić information content (AvgIpc) is 2.54. The molecule has 1 atom stereocenters. The highest BCUT2D eigenvalue weighted by molar-refractivity contribution is 9.10. The van der Waals surface area contributed by atoms with Gasteiger partial charge in [0.2, 0.25) is 5.03 Å². The van der Waals surface area contributed by atoms with E-state index in [0.29, 0.717) is 6.42 Å². The van der Waals surface area contributed by atoms with E-state index in [1.54, 1.807) is 0 Å². The molecule has 0 saturated heterocycles. The van der Waals surface area contributed by atoms with Crippen LogP contribution in [0, 0.1) is 5.41 Å². The molecule has 0 bridgehead atoms. The molecule has 1 heterocycles. The first kappa shape index (κ1) is 16.9. The molecular formula is C10H18BrClN4O2S. The minimum absolute atomic E-state index is 0.00729. The lowest BCUT2D eigenvalue weighted by molar-refractivity contribution is 0.369. The lowest BCUT2D eigenvalue weighted by Crippen LogP contribution is -2.33. The van der Waals surface area contributed by atoms with Gasteiger partial charge in [0.25, 0.3) is 10.0 Å². The van der Waals surface area contributed by atoms with Crippen LogP contribution < -0.4 is 4.72 Å². The van der Waals surface area contributed by atoms with Crippen LogP contribution >= 0.6 is 27.5 Å². The third kappa shape index (κ3) is 5.02. The maximum absolute atomic E-state index is 12.1. The number of nitrogens with zero attached hydrogens (tertiary/aromatic N) is 3. The first-order valence-electron chi connectivity index (χ1n) is 5.72. The predicted molar refractivity (Wildman–Crippen MR) is 77.6 cm³/mol. The van der Waals surface area contributed by atoms with Crippen LogP contribution in [0.3, 0.4) is 0 Å². The fourth-order valence-electron chi connectivity index (χ4n) is 1.61. The van der Waals surface area contributed by atoms with Crippen LogP contribution in [0.25, 0.3) is 0 Å². The fourth-order valence-corrected chi connectivity index (χ4v) is 4.42. The molecule has 0 aliphatic heterocycles. The number of hydrogen-bond acceptors (Lipinski definition) is 4. The molecule has 1 N–H and O–H groups in total. The van der Waals surface area contributed by atoms with Gasteiger partial charge in [-0.2, -0.15) is 0 Å². The molecule has 0 saturated carbocycles. The molecule has 19 heavy (non-hydrogen) atoms. The van der Waals surface area contributed by atoms with Gasteiger partial charge in [-0.15, -0.1) is 16.7 Å². The Morgan fingerprint density at radius 3 is 2.47 bits per heavy atom. The summed E-state index contributed by atoms with van der Waals surface area (Å²) in [6, 6.07) is 0. The average molecular weight is 374 g/mol. The van der Waals surface area contributed by atoms with Crippen molar-refractivity contribution < 1.29 is 8.42 Å². The zero-order chi connectivity index (χ0) is 14.8. The maximum Gasteiger partial charge on any atom is 0.260 e. The van der Waals surface area contributed by atoms with Gasteiger partial charge in [-0.1, -0.05) is 26.0 Å². The molecular weight excluding hydrogens is 356 g/mol. The SMILES string of the molecule is Cn1nnc(Br)c1S(=O)(=O)NCC(Cl)CC(C)(C)C. The van der Waals surface area contributed by atoms with Gasteiger partial charge < -0.3 is 0 Å². The van der Waals surface area contributed by atoms with E-state index in [0.717, 1.165) is 0 Å². The van der Waals surface area contributed by atoms with E-state index in [9.17, 15) is 8.42 Å². The molecule has 1 unspecified atom stereocenters. The van der Waals surface area contributed by atoms with E-state index >= 15 is 0 Å². The quantitative estimate of drug-likeness (QED) is 0.800. The maximum atomic E-state index is 12.1. The lowest BCUT2D eigenvalue weighted by Gasteiger charge is -2.21. The minimum Gasteiger partial charge on any atom is -0.235 e. The third-order valence-corrected chi connectivity index (χ3v) is 4.94. The summed E-state index contributed by atoms with van der Waals surface area (Å²) in [5.41, 5.74) is 0.0481. The van der Waals surface area contributed by atoms with Crippen LogP contribution in [-0.4, -0.2) is 35.3 Å². The number of halogens is 2. The Kier molecular flexibility index (Phi) is 5.39. The molecule has 6 nitrogen and oxygen atoms in total. The van der Waals surface area contributed by atoms with Crippen molar-refractivity contribution in [3.63, 3.8) is 0 Å². The van der Waals surface area contributed by atoms with E-state index in [-0.39, 0.29) is 27.0 Å². The summed E-state index contributed by atoms with van der Waals surface area (Å²) in [6.07, 6.45) is 0.710.